The summed E-state index contributed by atoms with van der Waals surface area (Å²) < 4.78 is 26.6. The molecule has 2 atom stereocenters. The van der Waals surface area contributed by atoms with Crippen LogP contribution in [0.25, 0.3) is 0 Å². The molecule has 0 aliphatic rings. The first kappa shape index (κ1) is 14.0. The Kier molecular flexibility index (Phi) is 9.56. The number of Topliss-reactive ketones (excluding diaryl/α,β-unsaturated/α-hetero) is 1. The van der Waals surface area contributed by atoms with Crippen LogP contribution in [0.3, 0.4) is 0 Å². The Labute approximate surface area is 127 Å². The molecular formula is C14H29BO3S. The molecule has 0 aliphatic heterocycles. The fraction of sp³-hybridized carbons (Fsp3) is 0.929. The second kappa shape index (κ2) is 13.0. The lowest BCUT2D eigenvalue weighted by Crippen LogP contribution is -2.10. The number of carbonyl (C=O) groups excluding carboxylic acids is 1. The molecule has 0 radical (unpaired) electrons. The zero-order valence-electron chi connectivity index (χ0n) is 15.2. The van der Waals surface area contributed by atoms with E-state index >= 15 is 0 Å². The summed E-state index contributed by atoms with van der Waals surface area (Å²) in [5, 5.41) is 4.56. The molecule has 0 rings (SSSR count). The second-order valence-corrected chi connectivity index (χ2v) is 5.53. The Morgan fingerprint density at radius 3 is 2.79 bits per heavy atom. The molecule has 1 N–H and O–H groups in total. The van der Waals surface area contributed by atoms with E-state index in [-0.39, 0.29) is 18.0 Å². The van der Waals surface area contributed by atoms with Crippen molar-refractivity contribution in [3.8, 4) is 0 Å². The van der Waals surface area contributed by atoms with Gasteiger partial charge in [-0.05, 0) is 58.9 Å². The Morgan fingerprint density at radius 1 is 1.47 bits per heavy atom. The lowest BCUT2D eigenvalue weighted by atomic mass is 10.0. The quantitative estimate of drug-likeness (QED) is 0.372. The minimum Gasteiger partial charge on any atom is -0.393 e. The van der Waals surface area contributed by atoms with E-state index < -0.39 is 7.77 Å². The highest BCUT2D eigenvalue weighted by atomic mass is 32.2. The van der Waals surface area contributed by atoms with Gasteiger partial charge < -0.3 is 9.29 Å². The van der Waals surface area contributed by atoms with Crippen LogP contribution in [0.2, 0.25) is 0 Å². The van der Waals surface area contributed by atoms with E-state index in [1.54, 1.807) is 0 Å². The molecule has 0 saturated heterocycles. The van der Waals surface area contributed by atoms with E-state index in [4.69, 9.17) is 8.29 Å². The number of rotatable bonds is 15. The summed E-state index contributed by atoms with van der Waals surface area (Å²) in [6, 6.07) is 0. The lowest BCUT2D eigenvalue weighted by Gasteiger charge is -2.13. The van der Waals surface area contributed by atoms with Crippen LogP contribution in [0.4, 0.5) is 0 Å². The first-order valence-corrected chi connectivity index (χ1v) is 8.20. The molecule has 0 fully saturated rings. The van der Waals surface area contributed by atoms with Crippen LogP contribution in [0.5, 0.6) is 0 Å². The van der Waals surface area contributed by atoms with Crippen LogP contribution in [-0.2, 0) is 8.98 Å². The number of ketones is 1. The van der Waals surface area contributed by atoms with Gasteiger partial charge in [-0.15, -0.1) is 0 Å². The normalized spacial score (nSPS) is 16.2. The Balaban J connectivity index is 3.67. The van der Waals surface area contributed by atoms with Crippen molar-refractivity contribution in [2.24, 2.45) is 0 Å². The third kappa shape index (κ3) is 11.5. The molecule has 0 heterocycles. The molecule has 0 amide bonds. The highest BCUT2D eigenvalue weighted by Gasteiger charge is 2.09. The van der Waals surface area contributed by atoms with Crippen molar-refractivity contribution in [3.05, 3.63) is 0 Å². The summed E-state index contributed by atoms with van der Waals surface area (Å²) in [5.41, 5.74) is 0.353. The van der Waals surface area contributed by atoms with E-state index in [1.807, 2.05) is 13.8 Å². The Bertz CT molecular complexity index is 282. The van der Waals surface area contributed by atoms with Gasteiger partial charge in [0.1, 0.15) is 13.6 Å². The van der Waals surface area contributed by atoms with Gasteiger partial charge in [0, 0.05) is 12.8 Å². The fourth-order valence-corrected chi connectivity index (χ4v) is 2.34. The number of aliphatic hydroxyl groups is 1. The molecule has 0 aromatic heterocycles. The van der Waals surface area contributed by atoms with Gasteiger partial charge in [0.15, 0.2) is 0 Å². The molecule has 3 nitrogen and oxygen atoms in total. The van der Waals surface area contributed by atoms with Gasteiger partial charge in [-0.2, -0.15) is 0 Å². The van der Waals surface area contributed by atoms with Crippen LogP contribution < -0.4 is 0 Å². The van der Waals surface area contributed by atoms with E-state index in [0.717, 1.165) is 38.5 Å². The topological polar surface area (TPSA) is 46.5 Å². The third-order valence-corrected chi connectivity index (χ3v) is 3.69. The van der Waals surface area contributed by atoms with Gasteiger partial charge in [0.05, 0.1) is 12.2 Å². The average molecular weight is 293 g/mol. The smallest absolute Gasteiger partial charge is 0.210 e. The highest BCUT2D eigenvalue weighted by Crippen LogP contribution is 2.16. The number of aliphatic hydroxyl groups excluding tert-OH is 1. The largest absolute Gasteiger partial charge is 0.393 e. The predicted molar refractivity (Wildman–Crippen MR) is 85.2 cm³/mol. The third-order valence-electron chi connectivity index (χ3n) is 3.15. The fourth-order valence-electron chi connectivity index (χ4n) is 1.84. The monoisotopic (exact) mass is 293 g/mol. The lowest BCUT2D eigenvalue weighted by molar-refractivity contribution is -0.119. The molecule has 0 saturated carbocycles. The van der Waals surface area contributed by atoms with Crippen molar-refractivity contribution in [1.29, 1.82) is 4.10 Å². The molecule has 0 aromatic carbocycles. The molecule has 19 heavy (non-hydrogen) atoms. The minimum atomic E-state index is -0.858. The van der Waals surface area contributed by atoms with Crippen LogP contribution in [0.1, 0.15) is 65.2 Å². The maximum Gasteiger partial charge on any atom is 0.210 e. The summed E-state index contributed by atoms with van der Waals surface area (Å²) in [7, 11) is -0.858. The van der Waals surface area contributed by atoms with Crippen LogP contribution in [0, 0.1) is 0 Å². The molecular weight excluding hydrogens is 259 g/mol. The van der Waals surface area contributed by atoms with Crippen molar-refractivity contribution >= 4 is 25.6 Å². The molecule has 0 unspecified atom stereocenters. The second-order valence-electron chi connectivity index (χ2n) is 4.76. The number of hydrogen-bond acceptors (Lipinski definition) is 4. The molecule has 0 bridgehead atoms. The highest BCUT2D eigenvalue weighted by molar-refractivity contribution is 7.95. The molecule has 0 spiro atoms. The van der Waals surface area contributed by atoms with Crippen LogP contribution in [-0.4, -0.2) is 40.6 Å². The van der Waals surface area contributed by atoms with Gasteiger partial charge in [-0.1, -0.05) is 13.8 Å². The van der Waals surface area contributed by atoms with E-state index in [2.05, 4.69) is 5.11 Å². The van der Waals surface area contributed by atoms with Gasteiger partial charge in [0.25, 0.3) is 0 Å². The summed E-state index contributed by atoms with van der Waals surface area (Å²) >= 11 is 1.18. The number of carbonyl (C=O) groups is 1. The van der Waals surface area contributed by atoms with Crippen LogP contribution >= 0.6 is 12.0 Å². The maximum atomic E-state index is 11.8. The summed E-state index contributed by atoms with van der Waals surface area (Å²) in [6.45, 7) is 4.02. The maximum absolute atomic E-state index is 11.8. The van der Waals surface area contributed by atoms with Crippen molar-refractivity contribution in [1.82, 2.24) is 0 Å². The van der Waals surface area contributed by atoms with E-state index in [0.29, 0.717) is 18.5 Å². The van der Waals surface area contributed by atoms with Crippen molar-refractivity contribution in [3.63, 3.8) is 0 Å². The summed E-state index contributed by atoms with van der Waals surface area (Å²) in [6.07, 6.45) is 6.06. The van der Waals surface area contributed by atoms with Gasteiger partial charge >= 0.3 is 0 Å². The van der Waals surface area contributed by atoms with Gasteiger partial charge in [-0.3, -0.25) is 4.79 Å². The van der Waals surface area contributed by atoms with Crippen molar-refractivity contribution in [2.45, 2.75) is 77.4 Å². The first-order chi connectivity index (χ1) is 10.5. The summed E-state index contributed by atoms with van der Waals surface area (Å²) in [5.74, 6) is 0.264. The number of hydrogen-bond donors (Lipinski definition) is 1. The van der Waals surface area contributed by atoms with Crippen molar-refractivity contribution < 1.29 is 14.1 Å². The van der Waals surface area contributed by atoms with E-state index in [1.165, 1.54) is 12.0 Å². The predicted octanol–water partition coefficient (Wildman–Crippen LogP) is 2.70. The minimum absolute atomic E-state index is 0.0550. The van der Waals surface area contributed by atoms with Crippen molar-refractivity contribution in [2.75, 3.05) is 5.65 Å². The Morgan fingerprint density at radius 2 is 2.21 bits per heavy atom. The summed E-state index contributed by atoms with van der Waals surface area (Å²) in [4.78, 5) is 11.8. The van der Waals surface area contributed by atoms with E-state index in [9.17, 15) is 4.79 Å². The SMILES string of the molecule is [2H]B([3H])CSO[C@@H](CC)CCCC(=O)CCC[C@H](CC)O[3H]. The molecule has 112 valence electrons. The molecule has 0 aromatic rings. The molecule has 5 heteroatoms. The first-order valence-electron chi connectivity index (χ1n) is 8.86. The zero-order chi connectivity index (χ0) is 16.8. The van der Waals surface area contributed by atoms with Gasteiger partial charge in [-0.25, -0.2) is 0 Å². The standard InChI is InChI=1S/C14H29BO3S/c1-3-12(16)7-5-8-13(17)9-6-10-14(4-2)18-19-11-15/h12,14,16H,3-11,15H2,1-2H3/t12-,14-/m0/s1/i15TD,16T. The van der Waals surface area contributed by atoms with Crippen LogP contribution in [0.15, 0.2) is 0 Å². The Hall–Kier alpha value is 0.00494. The molecule has 0 aliphatic carbocycles. The average Bonchev–Trinajstić information content (AvgIpc) is 2.49. The zero-order valence-corrected chi connectivity index (χ0v) is 13.0. The van der Waals surface area contributed by atoms with Gasteiger partial charge in [0.2, 0.25) is 1.43 Å².